The van der Waals surface area contributed by atoms with E-state index in [0.29, 0.717) is 24.2 Å². The van der Waals surface area contributed by atoms with E-state index in [9.17, 15) is 5.11 Å². The lowest BCUT2D eigenvalue weighted by Crippen LogP contribution is -2.46. The Balaban J connectivity index is 1.73. The van der Waals surface area contributed by atoms with E-state index < -0.39 is 0 Å². The molecule has 1 saturated heterocycles. The van der Waals surface area contributed by atoms with Crippen LogP contribution < -0.4 is 10.6 Å². The lowest BCUT2D eigenvalue weighted by atomic mass is 10.0. The number of aliphatic hydroxyl groups is 1. The number of likely N-dealkylation sites (tertiary alicyclic amines) is 1. The zero-order valence-electron chi connectivity index (χ0n) is 27.0. The highest BCUT2D eigenvalue weighted by Crippen LogP contribution is 2.19. The van der Waals surface area contributed by atoms with E-state index in [-0.39, 0.29) is 0 Å². The van der Waals surface area contributed by atoms with Crippen molar-refractivity contribution in [3.63, 3.8) is 0 Å². The van der Waals surface area contributed by atoms with E-state index in [2.05, 4.69) is 91.1 Å². The molecular weight excluding hydrogens is 540 g/mol. The van der Waals surface area contributed by atoms with Crippen molar-refractivity contribution in [2.24, 2.45) is 0 Å². The first kappa shape index (κ1) is 35.9. The van der Waals surface area contributed by atoms with Crippen molar-refractivity contribution in [2.45, 2.75) is 79.3 Å². The van der Waals surface area contributed by atoms with Crippen molar-refractivity contribution in [3.05, 3.63) is 94.5 Å². The average molecular weight is 597 g/mol. The molecule has 0 bridgehead atoms. The molecule has 1 aromatic carbocycles. The predicted molar refractivity (Wildman–Crippen MR) is 183 cm³/mol. The summed E-state index contributed by atoms with van der Waals surface area (Å²) < 4.78 is 0. The van der Waals surface area contributed by atoms with Crippen LogP contribution in [-0.2, 0) is 6.54 Å². The summed E-state index contributed by atoms with van der Waals surface area (Å²) in [4.78, 5) is 5.14. The molecule has 5 nitrogen and oxygen atoms in total. The Morgan fingerprint density at radius 3 is 2.43 bits per heavy atom. The van der Waals surface area contributed by atoms with Crippen LogP contribution in [0, 0.1) is 6.92 Å². The van der Waals surface area contributed by atoms with Crippen molar-refractivity contribution in [1.29, 1.82) is 0 Å². The first-order valence-electron chi connectivity index (χ1n) is 15.9. The highest BCUT2D eigenvalue weighted by molar-refractivity contribution is 6.18. The van der Waals surface area contributed by atoms with Gasteiger partial charge in [-0.3, -0.25) is 9.80 Å². The highest BCUT2D eigenvalue weighted by atomic mass is 35.5. The van der Waals surface area contributed by atoms with Crippen LogP contribution in [0.3, 0.4) is 0 Å². The molecule has 0 spiro atoms. The minimum absolute atomic E-state index is 0.317. The fourth-order valence-corrected chi connectivity index (χ4v) is 5.40. The average Bonchev–Trinajstić information content (AvgIpc) is 3.00. The molecule has 0 amide bonds. The molecule has 1 fully saturated rings. The number of aliphatic hydroxyl groups excluding tert-OH is 1. The van der Waals surface area contributed by atoms with Gasteiger partial charge in [0.1, 0.15) is 5.76 Å². The van der Waals surface area contributed by atoms with Gasteiger partial charge in [-0.25, -0.2) is 0 Å². The van der Waals surface area contributed by atoms with Gasteiger partial charge < -0.3 is 15.7 Å². The zero-order valence-corrected chi connectivity index (χ0v) is 27.8. The van der Waals surface area contributed by atoms with Gasteiger partial charge in [-0.15, -0.1) is 11.6 Å². The summed E-state index contributed by atoms with van der Waals surface area (Å²) in [5, 5.41) is 17.4. The Hall–Kier alpha value is -2.31. The number of benzene rings is 1. The van der Waals surface area contributed by atoms with Crippen LogP contribution in [0.1, 0.15) is 70.9 Å². The summed E-state index contributed by atoms with van der Waals surface area (Å²) in [6.07, 6.45) is 13.6. The lowest BCUT2D eigenvalue weighted by molar-refractivity contribution is 0.108. The van der Waals surface area contributed by atoms with Gasteiger partial charge in [0.25, 0.3) is 0 Å². The second-order valence-electron chi connectivity index (χ2n) is 11.5. The van der Waals surface area contributed by atoms with Crippen LogP contribution in [-0.4, -0.2) is 72.6 Å². The summed E-state index contributed by atoms with van der Waals surface area (Å²) in [6.45, 7) is 22.1. The number of hydrogen-bond donors (Lipinski definition) is 3. The van der Waals surface area contributed by atoms with Crippen LogP contribution in [0.4, 0.5) is 0 Å². The second kappa shape index (κ2) is 20.6. The Labute approximate surface area is 262 Å². The highest BCUT2D eigenvalue weighted by Gasteiger charge is 2.24. The summed E-state index contributed by atoms with van der Waals surface area (Å²) in [5.41, 5.74) is 7.14. The number of piperidine rings is 1. The molecule has 0 radical (unpaired) electrons. The van der Waals surface area contributed by atoms with Gasteiger partial charge in [0.15, 0.2) is 0 Å². The van der Waals surface area contributed by atoms with Gasteiger partial charge in [-0.05, 0) is 96.3 Å². The van der Waals surface area contributed by atoms with E-state index in [0.717, 1.165) is 76.3 Å². The number of nitrogens with one attached hydrogen (secondary N) is 2. The van der Waals surface area contributed by atoms with E-state index in [1.165, 1.54) is 35.1 Å². The normalized spacial score (nSPS) is 16.4. The van der Waals surface area contributed by atoms with Crippen LogP contribution in [0.5, 0.6) is 0 Å². The first-order chi connectivity index (χ1) is 20.3. The Kier molecular flexibility index (Phi) is 17.6. The van der Waals surface area contributed by atoms with Crippen molar-refractivity contribution in [2.75, 3.05) is 51.7 Å². The van der Waals surface area contributed by atoms with Crippen LogP contribution in [0.2, 0.25) is 0 Å². The fraction of sp³-hybridized carbons (Fsp3) is 0.556. The standard InChI is InChI=1S/C36H57ClN4O/c1-7-29(4)11-14-32(8-2)26-39-31(6)34(9-3)25-36(42)27-38-20-10-21-41(24-19-37)35-17-22-40(23-18-35)28-33-15-12-30(5)13-16-33/h9,11-16,25,35,38-39,42H,6-8,10,17-24,26-28H2,1-5H3/b29-11-,32-14+,34-9+,36-25+. The second-order valence-corrected chi connectivity index (χ2v) is 11.9. The largest absolute Gasteiger partial charge is 0.511 e. The zero-order chi connectivity index (χ0) is 30.7. The van der Waals surface area contributed by atoms with E-state index in [1.807, 2.05) is 19.1 Å². The molecule has 3 N–H and O–H groups in total. The van der Waals surface area contributed by atoms with Gasteiger partial charge in [0.05, 0.1) is 6.54 Å². The van der Waals surface area contributed by atoms with Gasteiger partial charge in [-0.2, -0.15) is 0 Å². The van der Waals surface area contributed by atoms with E-state index >= 15 is 0 Å². The summed E-state index contributed by atoms with van der Waals surface area (Å²) in [7, 11) is 0. The molecule has 6 heteroatoms. The third-order valence-corrected chi connectivity index (χ3v) is 8.37. The molecule has 2 rings (SSSR count). The molecule has 0 saturated carbocycles. The molecule has 42 heavy (non-hydrogen) atoms. The van der Waals surface area contributed by atoms with E-state index in [4.69, 9.17) is 11.6 Å². The number of hydrogen-bond acceptors (Lipinski definition) is 5. The fourth-order valence-electron chi connectivity index (χ4n) is 5.18. The number of allylic oxidation sites excluding steroid dienone is 5. The number of nitrogens with zero attached hydrogens (tertiary/aromatic N) is 2. The molecule has 0 aliphatic carbocycles. The molecule has 1 aliphatic heterocycles. The maximum Gasteiger partial charge on any atom is 0.107 e. The topological polar surface area (TPSA) is 50.8 Å². The first-order valence-corrected chi connectivity index (χ1v) is 16.5. The SMILES string of the molecule is C=C(NC/C(=C/C=C(/C)CC)CC)C(/C=C(/O)CNCCCN(CCCl)C1CCN(Cc2ccc(C)cc2)CC1)=C/C. The molecule has 0 aromatic heterocycles. The third-order valence-electron chi connectivity index (χ3n) is 8.20. The molecule has 1 aromatic rings. The Morgan fingerprint density at radius 2 is 1.81 bits per heavy atom. The van der Waals surface area contributed by atoms with E-state index in [1.54, 1.807) is 0 Å². The minimum Gasteiger partial charge on any atom is -0.511 e. The van der Waals surface area contributed by atoms with Gasteiger partial charge in [0, 0.05) is 37.3 Å². The Bertz CT molecular complexity index is 1050. The molecule has 1 aliphatic rings. The number of alkyl halides is 1. The van der Waals surface area contributed by atoms with Crippen LogP contribution in [0.25, 0.3) is 0 Å². The van der Waals surface area contributed by atoms with Gasteiger partial charge in [0.2, 0.25) is 0 Å². The maximum atomic E-state index is 10.6. The van der Waals surface area contributed by atoms with Crippen molar-refractivity contribution >= 4 is 11.6 Å². The van der Waals surface area contributed by atoms with Crippen molar-refractivity contribution in [1.82, 2.24) is 20.4 Å². The molecule has 1 heterocycles. The molecular formula is C36H57ClN4O. The molecule has 0 unspecified atom stereocenters. The Morgan fingerprint density at radius 1 is 1.10 bits per heavy atom. The van der Waals surface area contributed by atoms with Gasteiger partial charge in [-0.1, -0.05) is 79.6 Å². The predicted octanol–water partition coefficient (Wildman–Crippen LogP) is 7.66. The van der Waals surface area contributed by atoms with Crippen LogP contribution in [0.15, 0.2) is 83.3 Å². The number of rotatable bonds is 19. The summed E-state index contributed by atoms with van der Waals surface area (Å²) in [6, 6.07) is 9.51. The summed E-state index contributed by atoms with van der Waals surface area (Å²) >= 11 is 6.18. The molecule has 234 valence electrons. The summed E-state index contributed by atoms with van der Waals surface area (Å²) in [5.74, 6) is 0.979. The number of halogens is 1. The monoisotopic (exact) mass is 596 g/mol. The van der Waals surface area contributed by atoms with Gasteiger partial charge >= 0.3 is 0 Å². The maximum absolute atomic E-state index is 10.6. The van der Waals surface area contributed by atoms with Crippen molar-refractivity contribution < 1.29 is 5.11 Å². The number of aryl methyl sites for hydroxylation is 1. The lowest BCUT2D eigenvalue weighted by Gasteiger charge is -2.38. The van der Waals surface area contributed by atoms with Crippen molar-refractivity contribution in [3.8, 4) is 0 Å². The quantitative estimate of drug-likeness (QED) is 0.0662. The molecule has 0 atom stereocenters. The minimum atomic E-state index is 0.317. The third kappa shape index (κ3) is 13.8. The smallest absolute Gasteiger partial charge is 0.107 e. The van der Waals surface area contributed by atoms with Crippen LogP contribution >= 0.6 is 11.6 Å².